The molecular formula is C23H30BrFO2. The SMILES string of the molecule is C=CCC(C(=O)O)C1CCC([C@H]2CC[C@H](c3ccc(Br)c(F)c3)CC2)CC1. The van der Waals surface area contributed by atoms with Crippen LogP contribution < -0.4 is 0 Å². The van der Waals surface area contributed by atoms with Crippen LogP contribution in [-0.2, 0) is 4.79 Å². The van der Waals surface area contributed by atoms with Crippen molar-refractivity contribution < 1.29 is 14.3 Å². The first-order valence-electron chi connectivity index (χ1n) is 10.3. The van der Waals surface area contributed by atoms with Gasteiger partial charge < -0.3 is 5.11 Å². The van der Waals surface area contributed by atoms with Gasteiger partial charge in [-0.1, -0.05) is 12.1 Å². The Morgan fingerprint density at radius 2 is 1.74 bits per heavy atom. The van der Waals surface area contributed by atoms with Gasteiger partial charge in [-0.3, -0.25) is 4.79 Å². The minimum atomic E-state index is -0.666. The lowest BCUT2D eigenvalue weighted by atomic mass is 9.66. The fourth-order valence-corrected chi connectivity index (χ4v) is 5.63. The molecule has 3 rings (SSSR count). The second-order valence-corrected chi connectivity index (χ2v) is 9.28. The number of carboxylic acid groups (broad SMARTS) is 1. The summed E-state index contributed by atoms with van der Waals surface area (Å²) in [7, 11) is 0. The molecule has 148 valence electrons. The highest BCUT2D eigenvalue weighted by molar-refractivity contribution is 9.10. The summed E-state index contributed by atoms with van der Waals surface area (Å²) in [5.41, 5.74) is 1.13. The van der Waals surface area contributed by atoms with Crippen molar-refractivity contribution in [1.29, 1.82) is 0 Å². The largest absolute Gasteiger partial charge is 0.481 e. The van der Waals surface area contributed by atoms with E-state index in [0.717, 1.165) is 55.9 Å². The van der Waals surface area contributed by atoms with Crippen LogP contribution in [0.2, 0.25) is 0 Å². The smallest absolute Gasteiger partial charge is 0.307 e. The molecular weight excluding hydrogens is 407 g/mol. The molecule has 2 nitrogen and oxygen atoms in total. The highest BCUT2D eigenvalue weighted by Gasteiger charge is 2.35. The van der Waals surface area contributed by atoms with Crippen LogP contribution in [0.25, 0.3) is 0 Å². The zero-order chi connectivity index (χ0) is 19.4. The van der Waals surface area contributed by atoms with Gasteiger partial charge in [0, 0.05) is 0 Å². The van der Waals surface area contributed by atoms with Gasteiger partial charge in [-0.05, 0) is 115 Å². The number of carboxylic acids is 1. The van der Waals surface area contributed by atoms with E-state index in [4.69, 9.17) is 0 Å². The number of hydrogen-bond donors (Lipinski definition) is 1. The molecule has 27 heavy (non-hydrogen) atoms. The minimum absolute atomic E-state index is 0.166. The summed E-state index contributed by atoms with van der Waals surface area (Å²) in [6, 6.07) is 5.56. The molecule has 0 spiro atoms. The number of aliphatic carboxylic acids is 1. The van der Waals surface area contributed by atoms with Crippen LogP contribution in [0, 0.1) is 29.5 Å². The van der Waals surface area contributed by atoms with Crippen LogP contribution in [0.15, 0.2) is 35.3 Å². The number of hydrogen-bond acceptors (Lipinski definition) is 1. The van der Waals surface area contributed by atoms with Crippen LogP contribution in [0.4, 0.5) is 4.39 Å². The maximum absolute atomic E-state index is 13.8. The first-order chi connectivity index (χ1) is 13.0. The van der Waals surface area contributed by atoms with E-state index in [2.05, 4.69) is 28.6 Å². The third-order valence-corrected chi connectivity index (χ3v) is 7.62. The number of allylic oxidation sites excluding steroid dienone is 1. The molecule has 0 saturated heterocycles. The molecule has 0 aliphatic heterocycles. The first kappa shape index (κ1) is 20.6. The fraction of sp³-hybridized carbons (Fsp3) is 0.609. The Morgan fingerprint density at radius 3 is 2.26 bits per heavy atom. The van der Waals surface area contributed by atoms with E-state index in [-0.39, 0.29) is 11.7 Å². The zero-order valence-electron chi connectivity index (χ0n) is 15.9. The van der Waals surface area contributed by atoms with Crippen LogP contribution in [0.1, 0.15) is 69.3 Å². The Morgan fingerprint density at radius 1 is 1.15 bits per heavy atom. The van der Waals surface area contributed by atoms with Gasteiger partial charge in [-0.2, -0.15) is 0 Å². The zero-order valence-corrected chi connectivity index (χ0v) is 17.5. The summed E-state index contributed by atoms with van der Waals surface area (Å²) >= 11 is 3.23. The summed E-state index contributed by atoms with van der Waals surface area (Å²) in [5.74, 6) is 1.18. The van der Waals surface area contributed by atoms with Crippen molar-refractivity contribution in [1.82, 2.24) is 0 Å². The van der Waals surface area contributed by atoms with E-state index < -0.39 is 5.97 Å². The average molecular weight is 437 g/mol. The van der Waals surface area contributed by atoms with Gasteiger partial charge in [0.1, 0.15) is 5.82 Å². The summed E-state index contributed by atoms with van der Waals surface area (Å²) in [4.78, 5) is 11.5. The van der Waals surface area contributed by atoms with Crippen LogP contribution in [0.5, 0.6) is 0 Å². The number of rotatable bonds is 6. The van der Waals surface area contributed by atoms with Crippen molar-refractivity contribution in [2.45, 2.75) is 63.7 Å². The minimum Gasteiger partial charge on any atom is -0.481 e. The molecule has 2 aliphatic rings. The van der Waals surface area contributed by atoms with Crippen molar-refractivity contribution in [2.75, 3.05) is 0 Å². The molecule has 2 fully saturated rings. The molecule has 0 heterocycles. The molecule has 1 aromatic carbocycles. The molecule has 0 bridgehead atoms. The second-order valence-electron chi connectivity index (χ2n) is 8.43. The highest BCUT2D eigenvalue weighted by Crippen LogP contribution is 2.45. The molecule has 4 heteroatoms. The van der Waals surface area contributed by atoms with E-state index in [1.54, 1.807) is 12.1 Å². The van der Waals surface area contributed by atoms with E-state index in [1.807, 2.05) is 6.07 Å². The van der Waals surface area contributed by atoms with Gasteiger partial charge in [0.05, 0.1) is 10.4 Å². The summed E-state index contributed by atoms with van der Waals surface area (Å²) in [6.07, 6.45) is 11.4. The Bertz CT molecular complexity index is 658. The molecule has 1 aromatic rings. The molecule has 2 saturated carbocycles. The fourth-order valence-electron chi connectivity index (χ4n) is 5.38. The molecule has 1 atom stereocenters. The van der Waals surface area contributed by atoms with Gasteiger partial charge in [0.15, 0.2) is 0 Å². The van der Waals surface area contributed by atoms with Crippen molar-refractivity contribution in [2.24, 2.45) is 23.7 Å². The van der Waals surface area contributed by atoms with E-state index in [1.165, 1.54) is 12.8 Å². The molecule has 1 N–H and O–H groups in total. The summed E-state index contributed by atoms with van der Waals surface area (Å²) < 4.78 is 14.4. The maximum Gasteiger partial charge on any atom is 0.307 e. The van der Waals surface area contributed by atoms with E-state index >= 15 is 0 Å². The Labute approximate surface area is 170 Å². The predicted octanol–water partition coefficient (Wildman–Crippen LogP) is 6.95. The standard InChI is InChI=1S/C23H30BrFO2/c1-2-3-20(23(26)27)18-10-8-16(9-11-18)15-4-6-17(7-5-15)19-12-13-21(24)22(25)14-19/h2,12-18,20H,1,3-11H2,(H,26,27)/t15-,16?,17-,18?,20?. The Kier molecular flexibility index (Phi) is 7.13. The normalized spacial score (nSPS) is 29.9. The summed E-state index contributed by atoms with van der Waals surface area (Å²) in [6.45, 7) is 3.72. The van der Waals surface area contributed by atoms with Gasteiger partial charge in [0.25, 0.3) is 0 Å². The lowest BCUT2D eigenvalue weighted by Gasteiger charge is -2.39. The van der Waals surface area contributed by atoms with Gasteiger partial charge in [-0.25, -0.2) is 4.39 Å². The average Bonchev–Trinajstić information content (AvgIpc) is 2.68. The molecule has 0 aromatic heterocycles. The van der Waals surface area contributed by atoms with Crippen molar-refractivity contribution in [3.63, 3.8) is 0 Å². The molecule has 0 amide bonds. The molecule has 0 radical (unpaired) electrons. The lowest BCUT2D eigenvalue weighted by molar-refractivity contribution is -0.144. The van der Waals surface area contributed by atoms with Gasteiger partial charge in [-0.15, -0.1) is 6.58 Å². The quantitative estimate of drug-likeness (QED) is 0.489. The van der Waals surface area contributed by atoms with Crippen molar-refractivity contribution >= 4 is 21.9 Å². The van der Waals surface area contributed by atoms with Crippen LogP contribution >= 0.6 is 15.9 Å². The van der Waals surface area contributed by atoms with Gasteiger partial charge in [0.2, 0.25) is 0 Å². The lowest BCUT2D eigenvalue weighted by Crippen LogP contribution is -2.30. The van der Waals surface area contributed by atoms with E-state index in [9.17, 15) is 14.3 Å². The van der Waals surface area contributed by atoms with Crippen LogP contribution in [0.3, 0.4) is 0 Å². The maximum atomic E-state index is 13.8. The first-order valence-corrected chi connectivity index (χ1v) is 11.1. The Balaban J connectivity index is 1.50. The third-order valence-electron chi connectivity index (χ3n) is 6.98. The van der Waals surface area contributed by atoms with Crippen molar-refractivity contribution in [3.8, 4) is 0 Å². The summed E-state index contributed by atoms with van der Waals surface area (Å²) in [5, 5.41) is 9.47. The molecule has 2 aliphatic carbocycles. The molecule has 1 unspecified atom stereocenters. The van der Waals surface area contributed by atoms with Crippen LogP contribution in [-0.4, -0.2) is 11.1 Å². The number of carbonyl (C=O) groups is 1. The Hall–Kier alpha value is -1.16. The monoisotopic (exact) mass is 436 g/mol. The predicted molar refractivity (Wildman–Crippen MR) is 110 cm³/mol. The van der Waals surface area contributed by atoms with E-state index in [0.29, 0.717) is 22.7 Å². The highest BCUT2D eigenvalue weighted by atomic mass is 79.9. The third kappa shape index (κ3) is 5.01. The second kappa shape index (κ2) is 9.36. The number of halogens is 2. The number of benzene rings is 1. The topological polar surface area (TPSA) is 37.3 Å². The van der Waals surface area contributed by atoms with Gasteiger partial charge >= 0.3 is 5.97 Å². The van der Waals surface area contributed by atoms with Crippen molar-refractivity contribution in [3.05, 3.63) is 46.7 Å².